The van der Waals surface area contributed by atoms with Crippen LogP contribution >= 0.6 is 0 Å². The molecule has 1 heterocycles. The minimum Gasteiger partial charge on any atom is -0.497 e. The van der Waals surface area contributed by atoms with Crippen LogP contribution in [0.2, 0.25) is 0 Å². The third-order valence-corrected chi connectivity index (χ3v) is 4.79. The highest BCUT2D eigenvalue weighted by molar-refractivity contribution is 5.95. The Morgan fingerprint density at radius 2 is 1.76 bits per heavy atom. The molecule has 0 fully saturated rings. The van der Waals surface area contributed by atoms with Gasteiger partial charge in [-0.3, -0.25) is 9.59 Å². The van der Waals surface area contributed by atoms with E-state index in [1.54, 1.807) is 42.5 Å². The zero-order valence-electron chi connectivity index (χ0n) is 18.4. The zero-order chi connectivity index (χ0) is 24.0. The van der Waals surface area contributed by atoms with Gasteiger partial charge in [-0.25, -0.2) is 5.43 Å². The van der Waals surface area contributed by atoms with Gasteiger partial charge in [-0.05, 0) is 49.4 Å². The summed E-state index contributed by atoms with van der Waals surface area (Å²) in [6.07, 6.45) is 1.39. The van der Waals surface area contributed by atoms with Gasteiger partial charge in [0, 0.05) is 11.1 Å². The molecular formula is C23H21N5O5. The molecule has 33 heavy (non-hydrogen) atoms. The lowest BCUT2D eigenvalue weighted by molar-refractivity contribution is 0.0947. The summed E-state index contributed by atoms with van der Waals surface area (Å²) in [5.74, 6) is 1.01. The second-order valence-corrected chi connectivity index (χ2v) is 6.68. The first kappa shape index (κ1) is 23.0. The Balaban J connectivity index is 1.95. The normalized spacial score (nSPS) is 10.5. The van der Waals surface area contributed by atoms with Crippen molar-refractivity contribution in [3.8, 4) is 29.0 Å². The Morgan fingerprint density at radius 1 is 1.09 bits per heavy atom. The molecule has 10 nitrogen and oxygen atoms in total. The lowest BCUT2D eigenvalue weighted by Crippen LogP contribution is -2.31. The van der Waals surface area contributed by atoms with Gasteiger partial charge in [0.2, 0.25) is 0 Å². The number of carbonyl (C=O) groups is 1. The summed E-state index contributed by atoms with van der Waals surface area (Å²) in [5, 5.41) is 17.6. The molecular weight excluding hydrogens is 426 g/mol. The number of ether oxygens (including phenoxy) is 3. The van der Waals surface area contributed by atoms with Gasteiger partial charge in [-0.1, -0.05) is 0 Å². The number of amides is 1. The standard InChI is InChI=1S/C23H21N5O5/c1-14-19(12-24)23(30)28(16-5-7-17(31-2)8-6-16)27-21(14)22(29)26-25-13-15-11-18(32-3)9-10-20(15)33-4/h5-11,13H,1-4H3,(H,26,29)/b25-13+. The first-order valence-electron chi connectivity index (χ1n) is 9.67. The van der Waals surface area contributed by atoms with Crippen molar-refractivity contribution >= 4 is 12.1 Å². The first-order valence-corrected chi connectivity index (χ1v) is 9.67. The molecule has 3 rings (SSSR count). The number of hydrogen-bond acceptors (Lipinski definition) is 8. The fraction of sp³-hybridized carbons (Fsp3) is 0.174. The minimum absolute atomic E-state index is 0.114. The van der Waals surface area contributed by atoms with Gasteiger partial charge in [0.1, 0.15) is 28.9 Å². The van der Waals surface area contributed by atoms with E-state index in [1.807, 2.05) is 6.07 Å². The molecule has 1 amide bonds. The summed E-state index contributed by atoms with van der Waals surface area (Å²) in [7, 11) is 4.56. The predicted molar refractivity (Wildman–Crippen MR) is 120 cm³/mol. The number of benzene rings is 2. The molecule has 0 aliphatic heterocycles. The number of nitrogens with one attached hydrogen (secondary N) is 1. The molecule has 0 aliphatic carbocycles. The van der Waals surface area contributed by atoms with Crippen LogP contribution in [0.4, 0.5) is 0 Å². The molecule has 0 unspecified atom stereocenters. The molecule has 10 heteroatoms. The quantitative estimate of drug-likeness (QED) is 0.434. The first-order chi connectivity index (χ1) is 15.9. The second kappa shape index (κ2) is 10.1. The SMILES string of the molecule is COc1ccc(-n2nc(C(=O)N/N=C/c3cc(OC)ccc3OC)c(C)c(C#N)c2=O)cc1. The Labute approximate surface area is 189 Å². The summed E-state index contributed by atoms with van der Waals surface area (Å²) < 4.78 is 16.6. The Hall–Kier alpha value is -4.65. The van der Waals surface area contributed by atoms with E-state index < -0.39 is 11.5 Å². The van der Waals surface area contributed by atoms with Crippen LogP contribution in [-0.2, 0) is 0 Å². The van der Waals surface area contributed by atoms with Crippen LogP contribution in [0.25, 0.3) is 5.69 Å². The number of methoxy groups -OCH3 is 3. The van der Waals surface area contributed by atoms with Crippen molar-refractivity contribution < 1.29 is 19.0 Å². The van der Waals surface area contributed by atoms with E-state index in [2.05, 4.69) is 15.6 Å². The molecule has 0 spiro atoms. The van der Waals surface area contributed by atoms with Gasteiger partial charge >= 0.3 is 0 Å². The number of nitriles is 1. The number of nitrogens with zero attached hydrogens (tertiary/aromatic N) is 4. The fourth-order valence-corrected chi connectivity index (χ4v) is 3.00. The van der Waals surface area contributed by atoms with E-state index in [0.29, 0.717) is 28.5 Å². The molecule has 0 saturated heterocycles. The molecule has 0 bridgehead atoms. The highest BCUT2D eigenvalue weighted by atomic mass is 16.5. The number of rotatable bonds is 7. The lowest BCUT2D eigenvalue weighted by atomic mass is 10.1. The number of hydrogen-bond donors (Lipinski definition) is 1. The smallest absolute Gasteiger partial charge is 0.292 e. The molecule has 3 aromatic rings. The Bertz CT molecular complexity index is 1310. The Kier molecular flexibility index (Phi) is 7.05. The molecule has 0 radical (unpaired) electrons. The van der Waals surface area contributed by atoms with E-state index in [-0.39, 0.29) is 16.8 Å². The minimum atomic E-state index is -0.690. The number of hydrazone groups is 1. The summed E-state index contributed by atoms with van der Waals surface area (Å²) >= 11 is 0. The number of carbonyl (C=O) groups excluding carboxylic acids is 1. The van der Waals surface area contributed by atoms with E-state index in [4.69, 9.17) is 14.2 Å². The summed E-state index contributed by atoms with van der Waals surface area (Å²) in [6.45, 7) is 1.48. The van der Waals surface area contributed by atoms with E-state index >= 15 is 0 Å². The van der Waals surface area contributed by atoms with Crippen molar-refractivity contribution in [2.75, 3.05) is 21.3 Å². The maximum atomic E-state index is 12.8. The van der Waals surface area contributed by atoms with E-state index in [1.165, 1.54) is 34.5 Å². The summed E-state index contributed by atoms with van der Waals surface area (Å²) in [4.78, 5) is 25.5. The van der Waals surface area contributed by atoms with Gasteiger partial charge in [0.15, 0.2) is 5.69 Å². The highest BCUT2D eigenvalue weighted by Crippen LogP contribution is 2.22. The van der Waals surface area contributed by atoms with Crippen LogP contribution < -0.4 is 25.2 Å². The van der Waals surface area contributed by atoms with Gasteiger partial charge in [-0.15, -0.1) is 0 Å². The number of aromatic nitrogens is 2. The van der Waals surface area contributed by atoms with Crippen LogP contribution in [0.1, 0.15) is 27.2 Å². The topological polar surface area (TPSA) is 128 Å². The third-order valence-electron chi connectivity index (χ3n) is 4.79. The van der Waals surface area contributed by atoms with E-state index in [9.17, 15) is 14.9 Å². The maximum Gasteiger partial charge on any atom is 0.292 e. The maximum absolute atomic E-state index is 12.8. The van der Waals surface area contributed by atoms with Crippen LogP contribution in [0.15, 0.2) is 52.4 Å². The zero-order valence-corrected chi connectivity index (χ0v) is 18.4. The van der Waals surface area contributed by atoms with Crippen molar-refractivity contribution in [2.45, 2.75) is 6.92 Å². The van der Waals surface area contributed by atoms with Gasteiger partial charge in [0.05, 0.1) is 33.2 Å². The van der Waals surface area contributed by atoms with Crippen LogP contribution in [0.5, 0.6) is 17.2 Å². The molecule has 0 aliphatic rings. The van der Waals surface area contributed by atoms with Crippen molar-refractivity contribution in [1.82, 2.24) is 15.2 Å². The lowest BCUT2D eigenvalue weighted by Gasteiger charge is -2.11. The summed E-state index contributed by atoms with van der Waals surface area (Å²) in [6, 6.07) is 13.5. The monoisotopic (exact) mass is 447 g/mol. The third kappa shape index (κ3) is 4.83. The largest absolute Gasteiger partial charge is 0.497 e. The Morgan fingerprint density at radius 3 is 2.36 bits per heavy atom. The van der Waals surface area contributed by atoms with Gasteiger partial charge in [0.25, 0.3) is 11.5 Å². The van der Waals surface area contributed by atoms with Crippen LogP contribution in [0.3, 0.4) is 0 Å². The predicted octanol–water partition coefficient (Wildman–Crippen LogP) is 2.20. The molecule has 0 atom stereocenters. The molecule has 1 aromatic heterocycles. The van der Waals surface area contributed by atoms with Crippen LogP contribution in [0, 0.1) is 18.3 Å². The van der Waals surface area contributed by atoms with Crippen LogP contribution in [-0.4, -0.2) is 43.2 Å². The molecule has 1 N–H and O–H groups in total. The molecule has 168 valence electrons. The highest BCUT2D eigenvalue weighted by Gasteiger charge is 2.20. The van der Waals surface area contributed by atoms with Gasteiger partial charge < -0.3 is 14.2 Å². The van der Waals surface area contributed by atoms with Gasteiger partial charge in [-0.2, -0.15) is 20.1 Å². The van der Waals surface area contributed by atoms with Crippen molar-refractivity contribution in [1.29, 1.82) is 5.26 Å². The summed E-state index contributed by atoms with van der Waals surface area (Å²) in [5.41, 5.74) is 2.52. The van der Waals surface area contributed by atoms with Crippen molar-refractivity contribution in [3.05, 3.63) is 75.2 Å². The average molecular weight is 447 g/mol. The second-order valence-electron chi connectivity index (χ2n) is 6.68. The molecule has 0 saturated carbocycles. The average Bonchev–Trinajstić information content (AvgIpc) is 2.84. The fourth-order valence-electron chi connectivity index (χ4n) is 3.00. The van der Waals surface area contributed by atoms with E-state index in [0.717, 1.165) is 4.68 Å². The van der Waals surface area contributed by atoms with Crippen molar-refractivity contribution in [2.24, 2.45) is 5.10 Å². The van der Waals surface area contributed by atoms with Crippen molar-refractivity contribution in [3.63, 3.8) is 0 Å². The molecule has 2 aromatic carbocycles.